The van der Waals surface area contributed by atoms with Gasteiger partial charge < -0.3 is 20.5 Å². The molecule has 7 heteroatoms. The molecule has 0 aromatic rings. The van der Waals surface area contributed by atoms with Crippen LogP contribution in [0.3, 0.4) is 0 Å². The van der Waals surface area contributed by atoms with Gasteiger partial charge in [-0.25, -0.2) is 0 Å². The SMILES string of the molecule is CCNC(=NCC1(O)CCOCC1)NC1CCCC(S(=O)CC)C1. The van der Waals surface area contributed by atoms with Crippen molar-refractivity contribution < 1.29 is 14.1 Å². The number of aliphatic hydroxyl groups is 1. The van der Waals surface area contributed by atoms with Gasteiger partial charge in [0, 0.05) is 60.4 Å². The quantitative estimate of drug-likeness (QED) is 0.490. The third-order valence-electron chi connectivity index (χ3n) is 4.92. The zero-order valence-electron chi connectivity index (χ0n) is 15.1. The lowest BCUT2D eigenvalue weighted by molar-refractivity contribution is -0.0566. The van der Waals surface area contributed by atoms with Gasteiger partial charge in [-0.1, -0.05) is 13.3 Å². The Bertz CT molecular complexity index is 439. The largest absolute Gasteiger partial charge is 0.388 e. The second-order valence-electron chi connectivity index (χ2n) is 6.83. The monoisotopic (exact) mass is 359 g/mol. The molecule has 0 aromatic heterocycles. The van der Waals surface area contributed by atoms with Crippen LogP contribution >= 0.6 is 0 Å². The molecule has 0 aromatic carbocycles. The van der Waals surface area contributed by atoms with Crippen LogP contribution in [-0.2, 0) is 15.5 Å². The normalized spacial score (nSPS) is 29.0. The Labute approximate surface area is 148 Å². The Balaban J connectivity index is 1.92. The van der Waals surface area contributed by atoms with Crippen molar-refractivity contribution in [2.24, 2.45) is 4.99 Å². The number of guanidine groups is 1. The third-order valence-corrected chi connectivity index (χ3v) is 6.66. The van der Waals surface area contributed by atoms with Crippen LogP contribution in [0, 0.1) is 0 Å². The predicted molar refractivity (Wildman–Crippen MR) is 98.8 cm³/mol. The van der Waals surface area contributed by atoms with E-state index in [-0.39, 0.29) is 0 Å². The fourth-order valence-electron chi connectivity index (χ4n) is 3.40. The van der Waals surface area contributed by atoms with Gasteiger partial charge in [-0.2, -0.15) is 0 Å². The van der Waals surface area contributed by atoms with Crippen molar-refractivity contribution in [3.63, 3.8) is 0 Å². The Hall–Kier alpha value is -0.660. The fraction of sp³-hybridized carbons (Fsp3) is 0.941. The van der Waals surface area contributed by atoms with Crippen LogP contribution in [0.1, 0.15) is 52.4 Å². The first kappa shape index (κ1) is 19.7. The van der Waals surface area contributed by atoms with Crippen molar-refractivity contribution in [1.29, 1.82) is 0 Å². The summed E-state index contributed by atoms with van der Waals surface area (Å²) >= 11 is 0. The number of hydrogen-bond acceptors (Lipinski definition) is 4. The lowest BCUT2D eigenvalue weighted by Crippen LogP contribution is -2.48. The molecule has 6 nitrogen and oxygen atoms in total. The van der Waals surface area contributed by atoms with Crippen LogP contribution in [0.15, 0.2) is 4.99 Å². The van der Waals surface area contributed by atoms with E-state index in [1.54, 1.807) is 0 Å². The molecule has 1 saturated carbocycles. The summed E-state index contributed by atoms with van der Waals surface area (Å²) in [5.74, 6) is 1.49. The maximum absolute atomic E-state index is 12.1. The molecule has 0 radical (unpaired) electrons. The molecule has 2 aliphatic rings. The van der Waals surface area contributed by atoms with E-state index in [2.05, 4.69) is 15.6 Å². The van der Waals surface area contributed by atoms with E-state index >= 15 is 0 Å². The van der Waals surface area contributed by atoms with Gasteiger partial charge in [0.15, 0.2) is 5.96 Å². The molecule has 2 fully saturated rings. The van der Waals surface area contributed by atoms with E-state index < -0.39 is 16.4 Å². The minimum absolute atomic E-state index is 0.295. The average molecular weight is 360 g/mol. The zero-order valence-corrected chi connectivity index (χ0v) is 15.9. The van der Waals surface area contributed by atoms with Crippen LogP contribution in [0.4, 0.5) is 0 Å². The van der Waals surface area contributed by atoms with Crippen molar-refractivity contribution in [1.82, 2.24) is 10.6 Å². The number of ether oxygens (including phenoxy) is 1. The Morgan fingerprint density at radius 3 is 2.75 bits per heavy atom. The van der Waals surface area contributed by atoms with E-state index in [1.165, 1.54) is 0 Å². The molecule has 0 bridgehead atoms. The first-order valence-electron chi connectivity index (χ1n) is 9.28. The van der Waals surface area contributed by atoms with Crippen LogP contribution in [0.2, 0.25) is 0 Å². The highest BCUT2D eigenvalue weighted by molar-refractivity contribution is 7.85. The van der Waals surface area contributed by atoms with Gasteiger partial charge in [0.1, 0.15) is 0 Å². The minimum Gasteiger partial charge on any atom is -0.388 e. The highest BCUT2D eigenvalue weighted by atomic mass is 32.2. The first-order chi connectivity index (χ1) is 11.6. The van der Waals surface area contributed by atoms with E-state index in [9.17, 15) is 9.32 Å². The molecule has 140 valence electrons. The van der Waals surface area contributed by atoms with Crippen molar-refractivity contribution >= 4 is 16.8 Å². The van der Waals surface area contributed by atoms with Crippen LogP contribution in [0.5, 0.6) is 0 Å². The number of aliphatic imine (C=N–C) groups is 1. The summed E-state index contributed by atoms with van der Waals surface area (Å²) in [7, 11) is -0.721. The summed E-state index contributed by atoms with van der Waals surface area (Å²) in [6.45, 7) is 6.41. The number of rotatable bonds is 6. The molecule has 1 aliphatic heterocycles. The van der Waals surface area contributed by atoms with E-state index in [0.29, 0.717) is 43.9 Å². The molecule has 3 N–H and O–H groups in total. The Kier molecular flexibility index (Phi) is 7.97. The second-order valence-corrected chi connectivity index (χ2v) is 8.84. The number of nitrogens with zero attached hydrogens (tertiary/aromatic N) is 1. The van der Waals surface area contributed by atoms with Gasteiger partial charge in [-0.05, 0) is 26.2 Å². The van der Waals surface area contributed by atoms with Crippen molar-refractivity contribution in [3.8, 4) is 0 Å². The topological polar surface area (TPSA) is 83.0 Å². The molecule has 3 atom stereocenters. The number of nitrogens with one attached hydrogen (secondary N) is 2. The molecular weight excluding hydrogens is 326 g/mol. The summed E-state index contributed by atoms with van der Waals surface area (Å²) in [5, 5.41) is 17.6. The molecule has 1 saturated heterocycles. The van der Waals surface area contributed by atoms with Crippen LogP contribution in [0.25, 0.3) is 0 Å². The molecule has 3 unspecified atom stereocenters. The van der Waals surface area contributed by atoms with Gasteiger partial charge in [0.2, 0.25) is 0 Å². The molecule has 2 rings (SSSR count). The lowest BCUT2D eigenvalue weighted by atomic mass is 9.94. The van der Waals surface area contributed by atoms with E-state index in [1.807, 2.05) is 13.8 Å². The standard InChI is InChI=1S/C17H33N3O3S/c1-3-18-16(19-13-17(21)8-10-23-11-9-17)20-14-6-5-7-15(12-14)24(22)4-2/h14-15,21H,3-13H2,1-2H3,(H2,18,19,20). The van der Waals surface area contributed by atoms with Crippen LogP contribution in [-0.4, -0.2) is 64.2 Å². The molecular formula is C17H33N3O3S. The fourth-order valence-corrected chi connectivity index (χ4v) is 4.75. The van der Waals surface area contributed by atoms with E-state index in [0.717, 1.165) is 43.9 Å². The van der Waals surface area contributed by atoms with Crippen molar-refractivity contribution in [2.45, 2.75) is 69.3 Å². The molecule has 1 aliphatic carbocycles. The summed E-state index contributed by atoms with van der Waals surface area (Å²) in [6, 6.07) is 0.307. The maximum Gasteiger partial charge on any atom is 0.191 e. The van der Waals surface area contributed by atoms with Gasteiger partial charge >= 0.3 is 0 Å². The predicted octanol–water partition coefficient (Wildman–Crippen LogP) is 1.16. The van der Waals surface area contributed by atoms with Crippen molar-refractivity contribution in [3.05, 3.63) is 0 Å². The second kappa shape index (κ2) is 9.73. The first-order valence-corrected chi connectivity index (χ1v) is 10.7. The molecule has 1 heterocycles. The molecule has 24 heavy (non-hydrogen) atoms. The summed E-state index contributed by atoms with van der Waals surface area (Å²) in [6.07, 6.45) is 5.46. The lowest BCUT2D eigenvalue weighted by Gasteiger charge is -2.32. The summed E-state index contributed by atoms with van der Waals surface area (Å²) < 4.78 is 17.4. The highest BCUT2D eigenvalue weighted by Crippen LogP contribution is 2.23. The third kappa shape index (κ3) is 6.01. The smallest absolute Gasteiger partial charge is 0.191 e. The molecule has 0 spiro atoms. The van der Waals surface area contributed by atoms with Gasteiger partial charge in [0.25, 0.3) is 0 Å². The summed E-state index contributed by atoms with van der Waals surface area (Å²) in [4.78, 5) is 4.61. The van der Waals surface area contributed by atoms with Crippen molar-refractivity contribution in [2.75, 3.05) is 32.1 Å². The van der Waals surface area contributed by atoms with E-state index in [4.69, 9.17) is 4.74 Å². The minimum atomic E-state index is -0.751. The maximum atomic E-state index is 12.1. The Morgan fingerprint density at radius 2 is 2.08 bits per heavy atom. The van der Waals surface area contributed by atoms with Gasteiger partial charge in [-0.15, -0.1) is 0 Å². The Morgan fingerprint density at radius 1 is 1.33 bits per heavy atom. The van der Waals surface area contributed by atoms with Crippen LogP contribution < -0.4 is 10.6 Å². The van der Waals surface area contributed by atoms with Gasteiger partial charge in [0.05, 0.1) is 12.1 Å². The molecule has 0 amide bonds. The zero-order chi connectivity index (χ0) is 17.4. The highest BCUT2D eigenvalue weighted by Gasteiger charge is 2.30. The number of hydrogen-bond donors (Lipinski definition) is 3. The van der Waals surface area contributed by atoms with Gasteiger partial charge in [-0.3, -0.25) is 9.20 Å². The summed E-state index contributed by atoms with van der Waals surface area (Å²) in [5.41, 5.74) is -0.751. The average Bonchev–Trinajstić information content (AvgIpc) is 2.60.